The number of aliphatic hydroxyl groups is 2. The first-order chi connectivity index (χ1) is 16.2. The van der Waals surface area contributed by atoms with Crippen molar-refractivity contribution < 1.29 is 29.3 Å². The van der Waals surface area contributed by atoms with Gasteiger partial charge in [-0.1, -0.05) is 45.7 Å². The Morgan fingerprint density at radius 3 is 2.57 bits per heavy atom. The second-order valence-corrected chi connectivity index (χ2v) is 12.4. The van der Waals surface area contributed by atoms with E-state index in [0.29, 0.717) is 17.1 Å². The van der Waals surface area contributed by atoms with E-state index in [9.17, 15) is 19.8 Å². The molecule has 0 aromatic carbocycles. The maximum atomic E-state index is 13.2. The van der Waals surface area contributed by atoms with Crippen LogP contribution in [0.4, 0.5) is 0 Å². The Morgan fingerprint density at radius 2 is 1.94 bits per heavy atom. The fourth-order valence-corrected chi connectivity index (χ4v) is 5.68. The number of ketones is 1. The van der Waals surface area contributed by atoms with Gasteiger partial charge in [-0.25, -0.2) is 4.98 Å². The molecule has 2 saturated heterocycles. The number of hydrogen-bond donors (Lipinski definition) is 2. The first-order valence-corrected chi connectivity index (χ1v) is 13.6. The number of rotatable bonds is 2. The summed E-state index contributed by atoms with van der Waals surface area (Å²) in [6, 6.07) is 0. The van der Waals surface area contributed by atoms with Crippen molar-refractivity contribution in [3.05, 3.63) is 21.1 Å². The average Bonchev–Trinajstić information content (AvgIpc) is 3.22. The minimum Gasteiger partial charge on any atom is -0.456 e. The zero-order chi connectivity index (χ0) is 26.1. The molecule has 1 aromatic heterocycles. The largest absolute Gasteiger partial charge is 0.456 e. The molecule has 0 amide bonds. The van der Waals surface area contributed by atoms with Crippen LogP contribution in [0.25, 0.3) is 6.08 Å². The topological polar surface area (TPSA) is 109 Å². The van der Waals surface area contributed by atoms with Crippen molar-refractivity contribution in [2.75, 3.05) is 0 Å². The molecule has 0 saturated carbocycles. The summed E-state index contributed by atoms with van der Waals surface area (Å²) in [4.78, 5) is 30.5. The Hall–Kier alpha value is -1.32. The van der Waals surface area contributed by atoms with E-state index in [0.717, 1.165) is 24.3 Å². The molecule has 1 aromatic rings. The molecular weight excluding hydrogens is 490 g/mol. The standard InChI is InChI=1S/C26H38ClNO6S/c1-14-8-7-9-26(6)21(34-26)11-19(18(27)10-17-13-35-16(3)28-17)33-22(30)12-20(29)25(4,5)24(32)15(2)23(14)31/h10,13-15,19-21,23,29,31H,7-9,11-12H2,1-6H3/b18-10-/t14-,15-,19+,20-,21?,23+,26?/m1/s1. The van der Waals surface area contributed by atoms with Crippen molar-refractivity contribution in [2.45, 2.75) is 104 Å². The van der Waals surface area contributed by atoms with Gasteiger partial charge >= 0.3 is 5.97 Å². The van der Waals surface area contributed by atoms with Gasteiger partial charge in [0.25, 0.3) is 0 Å². The number of aromatic nitrogens is 1. The van der Waals surface area contributed by atoms with E-state index in [2.05, 4.69) is 4.98 Å². The molecule has 35 heavy (non-hydrogen) atoms. The molecule has 2 aliphatic rings. The second kappa shape index (κ2) is 11.0. The highest BCUT2D eigenvalue weighted by Gasteiger charge is 2.53. The van der Waals surface area contributed by atoms with Crippen molar-refractivity contribution in [1.82, 2.24) is 4.98 Å². The number of fused-ring (bicyclic) bond motifs is 1. The zero-order valence-electron chi connectivity index (χ0n) is 21.4. The van der Waals surface area contributed by atoms with Gasteiger partial charge in [0.05, 0.1) is 51.5 Å². The number of halogens is 1. The maximum Gasteiger partial charge on any atom is 0.309 e. The number of Topliss-reactive ketones (excluding diaryl/α,β-unsaturated/α-hetero) is 1. The molecule has 2 fully saturated rings. The summed E-state index contributed by atoms with van der Waals surface area (Å²) in [6.45, 7) is 10.7. The molecule has 0 aliphatic carbocycles. The van der Waals surface area contributed by atoms with Gasteiger partial charge in [-0.15, -0.1) is 11.3 Å². The van der Waals surface area contributed by atoms with Crippen molar-refractivity contribution in [1.29, 1.82) is 0 Å². The van der Waals surface area contributed by atoms with Crippen LogP contribution in [0.1, 0.15) is 77.4 Å². The highest BCUT2D eigenvalue weighted by molar-refractivity contribution is 7.09. The van der Waals surface area contributed by atoms with Crippen molar-refractivity contribution >= 4 is 40.8 Å². The molecule has 7 nitrogen and oxygen atoms in total. The number of cyclic esters (lactones) is 1. The maximum absolute atomic E-state index is 13.2. The Labute approximate surface area is 216 Å². The van der Waals surface area contributed by atoms with Gasteiger partial charge in [-0.2, -0.15) is 0 Å². The summed E-state index contributed by atoms with van der Waals surface area (Å²) in [5, 5.41) is 24.8. The number of epoxide rings is 1. The number of hydrogen-bond acceptors (Lipinski definition) is 8. The predicted octanol–water partition coefficient (Wildman–Crippen LogP) is 4.65. The fraction of sp³-hybridized carbons (Fsp3) is 0.731. The number of ether oxygens (including phenoxy) is 2. The first-order valence-electron chi connectivity index (χ1n) is 12.3. The predicted molar refractivity (Wildman–Crippen MR) is 136 cm³/mol. The van der Waals surface area contributed by atoms with Crippen LogP contribution in [0.5, 0.6) is 0 Å². The monoisotopic (exact) mass is 527 g/mol. The number of thiazole rings is 1. The van der Waals surface area contributed by atoms with Gasteiger partial charge < -0.3 is 19.7 Å². The lowest BCUT2D eigenvalue weighted by Gasteiger charge is -2.34. The third kappa shape index (κ3) is 6.72. The lowest BCUT2D eigenvalue weighted by atomic mass is 9.73. The molecule has 7 atom stereocenters. The highest BCUT2D eigenvalue weighted by atomic mass is 35.5. The Balaban J connectivity index is 1.85. The summed E-state index contributed by atoms with van der Waals surface area (Å²) in [7, 11) is 0. The molecular formula is C26H38ClNO6S. The van der Waals surface area contributed by atoms with Crippen LogP contribution >= 0.6 is 22.9 Å². The third-order valence-electron chi connectivity index (χ3n) is 7.64. The van der Waals surface area contributed by atoms with E-state index >= 15 is 0 Å². The number of nitrogens with zero attached hydrogens (tertiary/aromatic N) is 1. The number of esters is 1. The molecule has 2 aliphatic heterocycles. The van der Waals surface area contributed by atoms with Crippen LogP contribution in [0.15, 0.2) is 10.4 Å². The molecule has 0 spiro atoms. The SMILES string of the molecule is Cc1nc(/C=C(\Cl)[C@@H]2CC3OC3(C)CCC[C@@H](C)[C@H](O)[C@@H](C)C(=O)C(C)(C)[C@H](O)CC(=O)O2)cs1. The number of carbonyl (C=O) groups excluding carboxylic acids is 2. The Morgan fingerprint density at radius 1 is 1.26 bits per heavy atom. The average molecular weight is 528 g/mol. The summed E-state index contributed by atoms with van der Waals surface area (Å²) in [6.07, 6.45) is 1.08. The minimum atomic E-state index is -1.27. The quantitative estimate of drug-likeness (QED) is 0.425. The lowest BCUT2D eigenvalue weighted by Crippen LogP contribution is -2.45. The van der Waals surface area contributed by atoms with E-state index in [1.165, 1.54) is 11.3 Å². The molecule has 3 heterocycles. The number of aryl methyl sites for hydroxylation is 1. The number of aliphatic hydroxyl groups excluding tert-OH is 2. The molecule has 0 radical (unpaired) electrons. The summed E-state index contributed by atoms with van der Waals surface area (Å²) in [5.41, 5.74) is -0.904. The van der Waals surface area contributed by atoms with Gasteiger partial charge in [-0.05, 0) is 38.7 Å². The van der Waals surface area contributed by atoms with E-state index < -0.39 is 35.6 Å². The third-order valence-corrected chi connectivity index (χ3v) is 8.78. The van der Waals surface area contributed by atoms with Crippen molar-refractivity contribution in [2.24, 2.45) is 17.3 Å². The van der Waals surface area contributed by atoms with Crippen molar-refractivity contribution in [3.8, 4) is 0 Å². The van der Waals surface area contributed by atoms with Crippen LogP contribution < -0.4 is 0 Å². The molecule has 0 bridgehead atoms. The van der Waals surface area contributed by atoms with Gasteiger partial charge in [0, 0.05) is 17.7 Å². The van der Waals surface area contributed by atoms with E-state index in [4.69, 9.17) is 21.1 Å². The fourth-order valence-electron chi connectivity index (χ4n) is 4.86. The summed E-state index contributed by atoms with van der Waals surface area (Å²) >= 11 is 8.11. The molecule has 9 heteroatoms. The number of carbonyl (C=O) groups is 2. The summed E-state index contributed by atoms with van der Waals surface area (Å²) in [5.74, 6) is -1.70. The zero-order valence-corrected chi connectivity index (χ0v) is 23.0. The van der Waals surface area contributed by atoms with Crippen LogP contribution in [0.2, 0.25) is 0 Å². The van der Waals surface area contributed by atoms with Crippen LogP contribution in [0, 0.1) is 24.2 Å². The lowest BCUT2D eigenvalue weighted by molar-refractivity contribution is -0.154. The normalized spacial score (nSPS) is 37.5. The van der Waals surface area contributed by atoms with Gasteiger partial charge in [0.1, 0.15) is 11.9 Å². The van der Waals surface area contributed by atoms with Gasteiger partial charge in [0.2, 0.25) is 0 Å². The Kier molecular flexibility index (Phi) is 8.86. The highest BCUT2D eigenvalue weighted by Crippen LogP contribution is 2.45. The smallest absolute Gasteiger partial charge is 0.309 e. The van der Waals surface area contributed by atoms with Crippen molar-refractivity contribution in [3.63, 3.8) is 0 Å². The molecule has 3 rings (SSSR count). The minimum absolute atomic E-state index is 0.0905. The van der Waals surface area contributed by atoms with Crippen LogP contribution in [-0.4, -0.2) is 57.0 Å². The molecule has 2 unspecified atom stereocenters. The Bertz CT molecular complexity index is 961. The summed E-state index contributed by atoms with van der Waals surface area (Å²) < 4.78 is 11.7. The van der Waals surface area contributed by atoms with E-state index in [1.54, 1.807) is 26.8 Å². The molecule has 196 valence electrons. The molecule has 2 N–H and O–H groups in total. The van der Waals surface area contributed by atoms with Gasteiger partial charge in [-0.3, -0.25) is 9.59 Å². The van der Waals surface area contributed by atoms with Gasteiger partial charge in [0.15, 0.2) is 0 Å². The van der Waals surface area contributed by atoms with E-state index in [-0.39, 0.29) is 29.8 Å². The first kappa shape index (κ1) is 28.3. The van der Waals surface area contributed by atoms with Crippen LogP contribution in [0.3, 0.4) is 0 Å². The van der Waals surface area contributed by atoms with E-state index in [1.807, 2.05) is 26.2 Å². The second-order valence-electron chi connectivity index (χ2n) is 10.9. The van der Waals surface area contributed by atoms with Crippen LogP contribution in [-0.2, 0) is 19.1 Å².